The second-order valence-corrected chi connectivity index (χ2v) is 12.1. The molecule has 0 unspecified atom stereocenters. The maximum absolute atomic E-state index is 13.2. The lowest BCUT2D eigenvalue weighted by molar-refractivity contribution is -0.223. The lowest BCUT2D eigenvalue weighted by atomic mass is 9.47. The number of nitrogens with zero attached hydrogens (tertiary/aromatic N) is 2. The molecule has 2 aliphatic heterocycles. The standard InChI is InChI=1S/C28H32N2O5S/c1-29(21(32)7-4-17-9-13-36-15-17)19-8-10-28(34)25-23(33)18-5-6-20(31)24-22(18)27(28,26(19)35-24)11-12-30(25)14-16-2-3-16/h4-7,9,13,15-16,19,23,25-26,31,33-34H,2-3,8,10-12,14H2,1H3/b7-4+/t19-,23+,25-,26+,27+,28-/m1/s1. The second-order valence-electron chi connectivity index (χ2n) is 11.3. The number of hydrogen-bond donors (Lipinski definition) is 3. The average molecular weight is 509 g/mol. The van der Waals surface area contributed by atoms with Crippen LogP contribution in [0.25, 0.3) is 6.08 Å². The minimum Gasteiger partial charge on any atom is -0.504 e. The first-order chi connectivity index (χ1) is 17.3. The molecule has 0 radical (unpaired) electrons. The highest BCUT2D eigenvalue weighted by atomic mass is 32.1. The molecule has 7 nitrogen and oxygen atoms in total. The summed E-state index contributed by atoms with van der Waals surface area (Å²) in [6.07, 6.45) is 6.15. The number of rotatable bonds is 5. The van der Waals surface area contributed by atoms with Crippen LogP contribution in [-0.2, 0) is 10.2 Å². The predicted molar refractivity (Wildman–Crippen MR) is 136 cm³/mol. The number of aliphatic hydroxyl groups excluding tert-OH is 1. The molecule has 2 saturated carbocycles. The van der Waals surface area contributed by atoms with Crippen molar-refractivity contribution in [1.82, 2.24) is 9.80 Å². The number of piperidine rings is 1. The number of thiophene rings is 1. The van der Waals surface area contributed by atoms with E-state index >= 15 is 0 Å². The van der Waals surface area contributed by atoms with E-state index in [0.717, 1.165) is 29.8 Å². The molecule has 5 aliphatic rings. The van der Waals surface area contributed by atoms with Crippen LogP contribution in [0.2, 0.25) is 0 Å². The van der Waals surface area contributed by atoms with Crippen LogP contribution < -0.4 is 4.74 Å². The van der Waals surface area contributed by atoms with Gasteiger partial charge in [-0.25, -0.2) is 0 Å². The highest BCUT2D eigenvalue weighted by Gasteiger charge is 2.75. The number of benzene rings is 1. The van der Waals surface area contributed by atoms with Crippen LogP contribution in [0.4, 0.5) is 0 Å². The van der Waals surface area contributed by atoms with Gasteiger partial charge >= 0.3 is 0 Å². The van der Waals surface area contributed by atoms with Crippen molar-refractivity contribution in [2.75, 3.05) is 20.1 Å². The number of ether oxygens (including phenoxy) is 1. The zero-order chi connectivity index (χ0) is 24.8. The quantitative estimate of drug-likeness (QED) is 0.538. The summed E-state index contributed by atoms with van der Waals surface area (Å²) in [4.78, 5) is 17.3. The number of phenols is 1. The van der Waals surface area contributed by atoms with E-state index in [1.807, 2.05) is 22.9 Å². The monoisotopic (exact) mass is 508 g/mol. The number of hydrogen-bond acceptors (Lipinski definition) is 7. The van der Waals surface area contributed by atoms with Gasteiger partial charge in [0, 0.05) is 25.2 Å². The number of likely N-dealkylation sites (tertiary alicyclic amines) is 1. The van der Waals surface area contributed by atoms with E-state index in [9.17, 15) is 20.1 Å². The maximum atomic E-state index is 13.2. The fourth-order valence-electron chi connectivity index (χ4n) is 7.73. The van der Waals surface area contributed by atoms with Crippen LogP contribution in [0.5, 0.6) is 11.5 Å². The van der Waals surface area contributed by atoms with E-state index in [4.69, 9.17) is 4.74 Å². The normalized spacial score (nSPS) is 36.5. The molecule has 1 amide bonds. The third-order valence-corrected chi connectivity index (χ3v) is 10.3. The van der Waals surface area contributed by atoms with Crippen molar-refractivity contribution >= 4 is 23.3 Å². The molecular formula is C28H32N2O5S. The Kier molecular flexibility index (Phi) is 4.94. The Hall–Kier alpha value is -2.39. The molecule has 1 aromatic carbocycles. The summed E-state index contributed by atoms with van der Waals surface area (Å²) in [5.74, 6) is 0.912. The van der Waals surface area contributed by atoms with Crippen molar-refractivity contribution in [3.63, 3.8) is 0 Å². The van der Waals surface area contributed by atoms with Gasteiger partial charge in [-0.1, -0.05) is 6.07 Å². The van der Waals surface area contributed by atoms with E-state index in [2.05, 4.69) is 4.90 Å². The number of phenolic OH excluding ortho intramolecular Hbond substituents is 1. The Balaban J connectivity index is 1.30. The molecule has 2 aromatic rings. The van der Waals surface area contributed by atoms with E-state index in [0.29, 0.717) is 30.9 Å². The van der Waals surface area contributed by atoms with E-state index in [1.165, 1.54) is 12.8 Å². The van der Waals surface area contributed by atoms with E-state index in [-0.39, 0.29) is 17.7 Å². The van der Waals surface area contributed by atoms with Gasteiger partial charge in [0.15, 0.2) is 11.5 Å². The average Bonchev–Trinajstić information content (AvgIpc) is 3.38. The number of aromatic hydroxyl groups is 1. The first-order valence-corrected chi connectivity index (χ1v) is 13.9. The second kappa shape index (κ2) is 7.81. The molecule has 3 N–H and O–H groups in total. The van der Waals surface area contributed by atoms with Gasteiger partial charge in [-0.3, -0.25) is 9.69 Å². The smallest absolute Gasteiger partial charge is 0.246 e. The van der Waals surface area contributed by atoms with Gasteiger partial charge in [0.05, 0.1) is 29.2 Å². The van der Waals surface area contributed by atoms with Crippen molar-refractivity contribution < 1.29 is 24.9 Å². The van der Waals surface area contributed by atoms with Crippen molar-refractivity contribution in [1.29, 1.82) is 0 Å². The molecule has 36 heavy (non-hydrogen) atoms. The number of aliphatic hydroxyl groups is 2. The Labute approximate surface area is 214 Å². The van der Waals surface area contributed by atoms with Gasteiger partial charge in [0.1, 0.15) is 6.10 Å². The number of amides is 1. The zero-order valence-electron chi connectivity index (χ0n) is 20.3. The molecule has 3 heterocycles. The molecule has 3 fully saturated rings. The van der Waals surface area contributed by atoms with Gasteiger partial charge < -0.3 is 25.0 Å². The molecule has 2 bridgehead atoms. The van der Waals surface area contributed by atoms with Crippen LogP contribution in [0, 0.1) is 5.92 Å². The lowest BCUT2D eigenvalue weighted by Gasteiger charge is -2.65. The third-order valence-electron chi connectivity index (χ3n) is 9.58. The summed E-state index contributed by atoms with van der Waals surface area (Å²) in [6.45, 7) is 1.64. The predicted octanol–water partition coefficient (Wildman–Crippen LogP) is 3.05. The van der Waals surface area contributed by atoms with Crippen molar-refractivity contribution in [2.24, 2.45) is 5.92 Å². The molecule has 1 aromatic heterocycles. The van der Waals surface area contributed by atoms with Crippen LogP contribution >= 0.6 is 11.3 Å². The van der Waals surface area contributed by atoms with Crippen LogP contribution in [0.3, 0.4) is 0 Å². The molecule has 8 heteroatoms. The first-order valence-electron chi connectivity index (χ1n) is 13.0. The Morgan fingerprint density at radius 3 is 2.86 bits per heavy atom. The fourth-order valence-corrected chi connectivity index (χ4v) is 8.36. The van der Waals surface area contributed by atoms with Gasteiger partial charge in [-0.05, 0) is 84.7 Å². The Morgan fingerprint density at radius 1 is 1.28 bits per heavy atom. The summed E-state index contributed by atoms with van der Waals surface area (Å²) >= 11 is 1.59. The van der Waals surface area contributed by atoms with Gasteiger partial charge in [0.2, 0.25) is 5.91 Å². The van der Waals surface area contributed by atoms with Gasteiger partial charge in [0.25, 0.3) is 0 Å². The lowest BCUT2D eigenvalue weighted by Crippen LogP contribution is -2.79. The van der Waals surface area contributed by atoms with Gasteiger partial charge in [-0.15, -0.1) is 0 Å². The van der Waals surface area contributed by atoms with E-state index in [1.54, 1.807) is 41.5 Å². The summed E-state index contributed by atoms with van der Waals surface area (Å²) < 4.78 is 6.53. The maximum Gasteiger partial charge on any atom is 0.246 e. The molecule has 6 atom stereocenters. The molecule has 190 valence electrons. The minimum atomic E-state index is -1.21. The summed E-state index contributed by atoms with van der Waals surface area (Å²) in [7, 11) is 1.80. The molecule has 1 saturated heterocycles. The number of carbonyl (C=O) groups is 1. The fraction of sp³-hybridized carbons (Fsp3) is 0.536. The SMILES string of the molecule is CN(C(=O)/C=C/c1ccsc1)[C@@H]1CC[C@@]2(O)[C@H]3[C@@H](O)c4ccc(O)c5c4[C@@]2(CCN3CC2CC2)[C@H]1O5. The summed E-state index contributed by atoms with van der Waals surface area (Å²) in [5.41, 5.74) is 0.499. The van der Waals surface area contributed by atoms with Crippen LogP contribution in [0.1, 0.15) is 54.9 Å². The highest BCUT2D eigenvalue weighted by molar-refractivity contribution is 7.08. The Morgan fingerprint density at radius 2 is 2.11 bits per heavy atom. The minimum absolute atomic E-state index is 0.0241. The molecular weight excluding hydrogens is 476 g/mol. The largest absolute Gasteiger partial charge is 0.504 e. The molecule has 1 spiro atoms. The van der Waals surface area contributed by atoms with Crippen molar-refractivity contribution in [3.8, 4) is 11.5 Å². The highest BCUT2D eigenvalue weighted by Crippen LogP contribution is 2.67. The molecule has 7 rings (SSSR count). The van der Waals surface area contributed by atoms with E-state index < -0.39 is 29.3 Å². The van der Waals surface area contributed by atoms with Crippen LogP contribution in [-0.4, -0.2) is 75.0 Å². The van der Waals surface area contributed by atoms with Gasteiger partial charge in [-0.2, -0.15) is 11.3 Å². The number of carbonyl (C=O) groups excluding carboxylic acids is 1. The molecule has 3 aliphatic carbocycles. The number of likely N-dealkylation sites (N-methyl/N-ethyl adjacent to an activating group) is 1. The Bertz CT molecular complexity index is 1240. The van der Waals surface area contributed by atoms with Crippen molar-refractivity contribution in [3.05, 3.63) is 51.7 Å². The van der Waals surface area contributed by atoms with Crippen LogP contribution in [0.15, 0.2) is 35.0 Å². The first kappa shape index (κ1) is 22.8. The summed E-state index contributed by atoms with van der Waals surface area (Å²) in [5, 5.41) is 38.9. The summed E-state index contributed by atoms with van der Waals surface area (Å²) in [6, 6.07) is 4.65. The van der Waals surface area contributed by atoms with Crippen molar-refractivity contribution in [2.45, 2.75) is 67.4 Å². The zero-order valence-corrected chi connectivity index (χ0v) is 21.2. The topological polar surface area (TPSA) is 93.5 Å². The third kappa shape index (κ3) is 2.93.